The lowest BCUT2D eigenvalue weighted by molar-refractivity contribution is 0.167. The lowest BCUT2D eigenvalue weighted by Gasteiger charge is -2.11. The van der Waals surface area contributed by atoms with E-state index in [4.69, 9.17) is 9.47 Å². The Morgan fingerprint density at radius 3 is 2.76 bits per heavy atom. The zero-order valence-corrected chi connectivity index (χ0v) is 10.3. The van der Waals surface area contributed by atoms with Gasteiger partial charge in [0.2, 0.25) is 0 Å². The highest BCUT2D eigenvalue weighted by Crippen LogP contribution is 2.17. The molecular weight excluding hydrogens is 216 g/mol. The molecule has 1 aliphatic rings. The predicted octanol–water partition coefficient (Wildman–Crippen LogP) is 2.03. The molecule has 0 saturated carbocycles. The molecule has 1 heterocycles. The molecular formula is C14H20O3. The Labute approximate surface area is 102 Å². The molecule has 0 amide bonds. The summed E-state index contributed by atoms with van der Waals surface area (Å²) >= 11 is 0. The molecule has 2 atom stereocenters. The topological polar surface area (TPSA) is 38.7 Å². The van der Waals surface area contributed by atoms with Gasteiger partial charge in [0.25, 0.3) is 0 Å². The SMILES string of the molecule is CC(O)Cc1ccc(OCC2CCOC2)cc1. The number of hydrogen-bond donors (Lipinski definition) is 1. The molecule has 0 aromatic heterocycles. The van der Waals surface area contributed by atoms with Gasteiger partial charge >= 0.3 is 0 Å². The van der Waals surface area contributed by atoms with E-state index in [0.29, 0.717) is 12.3 Å². The van der Waals surface area contributed by atoms with Gasteiger partial charge in [-0.25, -0.2) is 0 Å². The van der Waals surface area contributed by atoms with Gasteiger partial charge in [0.1, 0.15) is 5.75 Å². The van der Waals surface area contributed by atoms with Crippen LogP contribution in [0.1, 0.15) is 18.9 Å². The Balaban J connectivity index is 1.80. The van der Waals surface area contributed by atoms with Crippen molar-refractivity contribution >= 4 is 0 Å². The maximum Gasteiger partial charge on any atom is 0.119 e. The molecule has 2 unspecified atom stereocenters. The fraction of sp³-hybridized carbons (Fsp3) is 0.571. The van der Waals surface area contributed by atoms with E-state index < -0.39 is 0 Å². The Bertz CT molecular complexity index is 326. The van der Waals surface area contributed by atoms with E-state index in [1.165, 1.54) is 0 Å². The van der Waals surface area contributed by atoms with Gasteiger partial charge in [-0.1, -0.05) is 12.1 Å². The van der Waals surface area contributed by atoms with Crippen LogP contribution < -0.4 is 4.74 Å². The molecule has 1 aromatic rings. The van der Waals surface area contributed by atoms with E-state index in [0.717, 1.165) is 37.6 Å². The summed E-state index contributed by atoms with van der Waals surface area (Å²) in [5.41, 5.74) is 1.14. The molecule has 1 saturated heterocycles. The maximum atomic E-state index is 9.28. The first-order valence-electron chi connectivity index (χ1n) is 6.21. The number of hydrogen-bond acceptors (Lipinski definition) is 3. The summed E-state index contributed by atoms with van der Waals surface area (Å²) in [6, 6.07) is 7.95. The van der Waals surface area contributed by atoms with Gasteiger partial charge in [-0.15, -0.1) is 0 Å². The third kappa shape index (κ3) is 4.02. The van der Waals surface area contributed by atoms with Crippen LogP contribution in [-0.4, -0.2) is 31.0 Å². The van der Waals surface area contributed by atoms with E-state index in [1.54, 1.807) is 6.92 Å². The smallest absolute Gasteiger partial charge is 0.119 e. The Morgan fingerprint density at radius 1 is 1.41 bits per heavy atom. The van der Waals surface area contributed by atoms with Crippen LogP contribution in [0.25, 0.3) is 0 Å². The van der Waals surface area contributed by atoms with Gasteiger partial charge in [-0.05, 0) is 37.5 Å². The normalized spacial score (nSPS) is 21.4. The van der Waals surface area contributed by atoms with Crippen LogP contribution in [-0.2, 0) is 11.2 Å². The van der Waals surface area contributed by atoms with Gasteiger partial charge in [0.15, 0.2) is 0 Å². The first kappa shape index (κ1) is 12.4. The first-order valence-corrected chi connectivity index (χ1v) is 6.21. The number of rotatable bonds is 5. The summed E-state index contributed by atoms with van der Waals surface area (Å²) in [7, 11) is 0. The Morgan fingerprint density at radius 2 is 2.18 bits per heavy atom. The minimum atomic E-state index is -0.294. The minimum absolute atomic E-state index is 0.294. The van der Waals surface area contributed by atoms with Gasteiger partial charge < -0.3 is 14.6 Å². The fourth-order valence-corrected chi connectivity index (χ4v) is 1.99. The largest absolute Gasteiger partial charge is 0.493 e. The number of benzene rings is 1. The standard InChI is InChI=1S/C14H20O3/c1-11(15)8-12-2-4-14(5-3-12)17-10-13-6-7-16-9-13/h2-5,11,13,15H,6-10H2,1H3. The fourth-order valence-electron chi connectivity index (χ4n) is 1.99. The monoisotopic (exact) mass is 236 g/mol. The summed E-state index contributed by atoms with van der Waals surface area (Å²) in [4.78, 5) is 0. The van der Waals surface area contributed by atoms with Gasteiger partial charge in [0.05, 0.1) is 19.3 Å². The summed E-state index contributed by atoms with van der Waals surface area (Å²) in [5.74, 6) is 1.43. The van der Waals surface area contributed by atoms with E-state index in [-0.39, 0.29) is 6.10 Å². The van der Waals surface area contributed by atoms with Crippen molar-refractivity contribution in [3.63, 3.8) is 0 Å². The van der Waals surface area contributed by atoms with Crippen LogP contribution in [0.4, 0.5) is 0 Å². The molecule has 1 aliphatic heterocycles. The average Bonchev–Trinajstić information content (AvgIpc) is 2.80. The van der Waals surface area contributed by atoms with E-state index in [1.807, 2.05) is 24.3 Å². The molecule has 0 bridgehead atoms. The number of ether oxygens (including phenoxy) is 2. The van der Waals surface area contributed by atoms with Crippen LogP contribution in [0.5, 0.6) is 5.75 Å². The van der Waals surface area contributed by atoms with Crippen LogP contribution in [0.2, 0.25) is 0 Å². The highest BCUT2D eigenvalue weighted by molar-refractivity contribution is 5.27. The highest BCUT2D eigenvalue weighted by atomic mass is 16.5. The molecule has 3 heteroatoms. The summed E-state index contributed by atoms with van der Waals surface area (Å²) in [6.45, 7) is 4.21. The van der Waals surface area contributed by atoms with Crippen LogP contribution in [0.15, 0.2) is 24.3 Å². The van der Waals surface area contributed by atoms with Crippen molar-refractivity contribution in [3.05, 3.63) is 29.8 Å². The summed E-state index contributed by atoms with van der Waals surface area (Å²) in [6.07, 6.45) is 1.49. The molecule has 17 heavy (non-hydrogen) atoms. The zero-order chi connectivity index (χ0) is 12.1. The molecule has 0 aliphatic carbocycles. The molecule has 1 fully saturated rings. The first-order chi connectivity index (χ1) is 8.24. The lowest BCUT2D eigenvalue weighted by Crippen LogP contribution is -2.11. The quantitative estimate of drug-likeness (QED) is 0.850. The van der Waals surface area contributed by atoms with E-state index >= 15 is 0 Å². The zero-order valence-electron chi connectivity index (χ0n) is 10.3. The minimum Gasteiger partial charge on any atom is -0.493 e. The van der Waals surface area contributed by atoms with E-state index in [2.05, 4.69) is 0 Å². The molecule has 3 nitrogen and oxygen atoms in total. The van der Waals surface area contributed by atoms with Crippen molar-refractivity contribution < 1.29 is 14.6 Å². The number of aliphatic hydroxyl groups is 1. The van der Waals surface area contributed by atoms with Crippen molar-refractivity contribution in [2.75, 3.05) is 19.8 Å². The van der Waals surface area contributed by atoms with Crippen molar-refractivity contribution in [2.24, 2.45) is 5.92 Å². The van der Waals surface area contributed by atoms with Crippen molar-refractivity contribution in [2.45, 2.75) is 25.9 Å². The van der Waals surface area contributed by atoms with Crippen molar-refractivity contribution in [1.29, 1.82) is 0 Å². The summed E-state index contributed by atoms with van der Waals surface area (Å²) in [5, 5.41) is 9.28. The van der Waals surface area contributed by atoms with Crippen LogP contribution in [0, 0.1) is 5.92 Å². The molecule has 1 aromatic carbocycles. The second kappa shape index (κ2) is 6.03. The third-order valence-corrected chi connectivity index (χ3v) is 2.96. The van der Waals surface area contributed by atoms with Crippen molar-refractivity contribution in [3.8, 4) is 5.75 Å². The average molecular weight is 236 g/mol. The number of aliphatic hydroxyl groups excluding tert-OH is 1. The van der Waals surface area contributed by atoms with Crippen molar-refractivity contribution in [1.82, 2.24) is 0 Å². The molecule has 0 radical (unpaired) electrons. The lowest BCUT2D eigenvalue weighted by atomic mass is 10.1. The van der Waals surface area contributed by atoms with Gasteiger partial charge in [-0.2, -0.15) is 0 Å². The molecule has 2 rings (SSSR count). The van der Waals surface area contributed by atoms with Crippen LogP contribution >= 0.6 is 0 Å². The highest BCUT2D eigenvalue weighted by Gasteiger charge is 2.15. The Kier molecular flexibility index (Phi) is 4.40. The van der Waals surface area contributed by atoms with E-state index in [9.17, 15) is 5.11 Å². The van der Waals surface area contributed by atoms with Crippen LogP contribution in [0.3, 0.4) is 0 Å². The molecule has 1 N–H and O–H groups in total. The third-order valence-electron chi connectivity index (χ3n) is 2.96. The molecule has 0 spiro atoms. The second-order valence-corrected chi connectivity index (χ2v) is 4.74. The summed E-state index contributed by atoms with van der Waals surface area (Å²) < 4.78 is 11.0. The van der Waals surface area contributed by atoms with Gasteiger partial charge in [0, 0.05) is 12.5 Å². The molecule has 94 valence electrons. The second-order valence-electron chi connectivity index (χ2n) is 4.74. The maximum absolute atomic E-state index is 9.28. The Hall–Kier alpha value is -1.06. The predicted molar refractivity (Wildman–Crippen MR) is 66.2 cm³/mol. The van der Waals surface area contributed by atoms with Gasteiger partial charge in [-0.3, -0.25) is 0 Å².